The summed E-state index contributed by atoms with van der Waals surface area (Å²) in [5.41, 5.74) is 4.63. The molecule has 7 heteroatoms. The Balaban J connectivity index is 1.44. The van der Waals surface area contributed by atoms with Crippen molar-refractivity contribution in [1.29, 1.82) is 5.26 Å². The molecule has 0 bridgehead atoms. The number of nitriles is 1. The Labute approximate surface area is 194 Å². The van der Waals surface area contributed by atoms with E-state index in [4.69, 9.17) is 17.2 Å². The van der Waals surface area contributed by atoms with E-state index in [2.05, 4.69) is 16.7 Å². The molecule has 0 unspecified atom stereocenters. The van der Waals surface area contributed by atoms with E-state index in [0.29, 0.717) is 16.1 Å². The van der Waals surface area contributed by atoms with Gasteiger partial charge in [0.2, 0.25) is 0 Å². The van der Waals surface area contributed by atoms with Crippen molar-refractivity contribution in [2.45, 2.75) is 19.3 Å². The van der Waals surface area contributed by atoms with Crippen molar-refractivity contribution in [3.8, 4) is 17.3 Å². The van der Waals surface area contributed by atoms with Crippen LogP contribution in [-0.2, 0) is 12.8 Å². The number of thiophene rings is 1. The van der Waals surface area contributed by atoms with Gasteiger partial charge in [0, 0.05) is 15.8 Å². The van der Waals surface area contributed by atoms with Crippen LogP contribution in [0.25, 0.3) is 22.2 Å². The molecule has 5 nitrogen and oxygen atoms in total. The fourth-order valence-electron chi connectivity index (χ4n) is 4.04. The van der Waals surface area contributed by atoms with Crippen LogP contribution < -0.4 is 10.6 Å². The number of hydrogen-bond acceptors (Lipinski definition) is 5. The number of nitrogens with zero attached hydrogens (tertiary/aromatic N) is 2. The Morgan fingerprint density at radius 2 is 1.88 bits per heavy atom. The maximum Gasteiger partial charge on any atom is 0.258 e. The van der Waals surface area contributed by atoms with Crippen LogP contribution >= 0.6 is 23.6 Å². The summed E-state index contributed by atoms with van der Waals surface area (Å²) in [7, 11) is 0. The van der Waals surface area contributed by atoms with Crippen LogP contribution in [0.2, 0.25) is 0 Å². The smallest absolute Gasteiger partial charge is 0.258 e. The van der Waals surface area contributed by atoms with Gasteiger partial charge in [-0.05, 0) is 49.2 Å². The monoisotopic (exact) mass is 454 g/mol. The standard InChI is InChI=1S/C25H18N4OS2/c26-14-19-17-10-6-12-22(17)32-24(19)29-25(31)28-23(30)18-13-21(15-7-2-1-3-8-15)27-20-11-5-4-9-16(18)20/h1-5,7-9,11,13H,6,10,12H2,(H2,28,29,30,31). The van der Waals surface area contributed by atoms with Gasteiger partial charge in [0.25, 0.3) is 5.91 Å². The molecule has 2 aromatic heterocycles. The lowest BCUT2D eigenvalue weighted by atomic mass is 10.0. The van der Waals surface area contributed by atoms with Gasteiger partial charge in [-0.25, -0.2) is 4.98 Å². The van der Waals surface area contributed by atoms with Crippen LogP contribution in [-0.4, -0.2) is 16.0 Å². The maximum atomic E-state index is 13.2. The summed E-state index contributed by atoms with van der Waals surface area (Å²) in [6, 6.07) is 21.4. The molecule has 2 heterocycles. The average Bonchev–Trinajstić information content (AvgIpc) is 3.39. The molecule has 1 aliphatic carbocycles. The lowest BCUT2D eigenvalue weighted by Gasteiger charge is -2.12. The van der Waals surface area contributed by atoms with Crippen LogP contribution in [0.15, 0.2) is 60.7 Å². The number of amides is 1. The first-order chi connectivity index (χ1) is 15.6. The quantitative estimate of drug-likeness (QED) is 0.403. The molecule has 0 aliphatic heterocycles. The fraction of sp³-hybridized carbons (Fsp3) is 0.120. The number of para-hydroxylation sites is 1. The first kappa shape index (κ1) is 20.3. The van der Waals surface area contributed by atoms with Crippen molar-refractivity contribution in [3.63, 3.8) is 0 Å². The van der Waals surface area contributed by atoms with E-state index in [-0.39, 0.29) is 11.0 Å². The van der Waals surface area contributed by atoms with E-state index >= 15 is 0 Å². The summed E-state index contributed by atoms with van der Waals surface area (Å²) >= 11 is 6.96. The summed E-state index contributed by atoms with van der Waals surface area (Å²) < 4.78 is 0. The third kappa shape index (κ3) is 3.75. The predicted octanol–water partition coefficient (Wildman–Crippen LogP) is 5.45. The van der Waals surface area contributed by atoms with E-state index in [9.17, 15) is 10.1 Å². The third-order valence-electron chi connectivity index (χ3n) is 5.52. The molecule has 5 rings (SSSR count). The normalized spacial score (nSPS) is 12.2. The first-order valence-electron chi connectivity index (χ1n) is 10.3. The number of aromatic nitrogens is 1. The van der Waals surface area contributed by atoms with Gasteiger partial charge >= 0.3 is 0 Å². The predicted molar refractivity (Wildman–Crippen MR) is 132 cm³/mol. The van der Waals surface area contributed by atoms with Gasteiger partial charge in [-0.15, -0.1) is 11.3 Å². The SMILES string of the molecule is N#Cc1c(NC(=S)NC(=O)c2cc(-c3ccccc3)nc3ccccc23)sc2c1CCC2. The van der Waals surface area contributed by atoms with Crippen molar-refractivity contribution in [2.75, 3.05) is 5.32 Å². The van der Waals surface area contributed by atoms with Crippen molar-refractivity contribution in [3.05, 3.63) is 82.2 Å². The average molecular weight is 455 g/mol. The zero-order valence-corrected chi connectivity index (χ0v) is 18.6. The van der Waals surface area contributed by atoms with E-state index in [1.54, 1.807) is 17.4 Å². The summed E-state index contributed by atoms with van der Waals surface area (Å²) in [4.78, 5) is 19.2. The molecule has 1 amide bonds. The van der Waals surface area contributed by atoms with Crippen LogP contribution in [0.1, 0.15) is 32.8 Å². The van der Waals surface area contributed by atoms with Crippen LogP contribution in [0.3, 0.4) is 0 Å². The number of anilines is 1. The highest BCUT2D eigenvalue weighted by molar-refractivity contribution is 7.80. The number of benzene rings is 2. The third-order valence-corrected chi connectivity index (χ3v) is 6.93. The summed E-state index contributed by atoms with van der Waals surface area (Å²) in [6.45, 7) is 0. The lowest BCUT2D eigenvalue weighted by Crippen LogP contribution is -2.34. The Hall–Kier alpha value is -3.60. The Morgan fingerprint density at radius 1 is 1.09 bits per heavy atom. The number of fused-ring (bicyclic) bond motifs is 2. The summed E-state index contributed by atoms with van der Waals surface area (Å²) in [5.74, 6) is -0.319. The molecule has 0 spiro atoms. The van der Waals surface area contributed by atoms with Crippen LogP contribution in [0.4, 0.5) is 5.00 Å². The molecule has 1 aliphatic rings. The highest BCUT2D eigenvalue weighted by atomic mass is 32.1. The molecular weight excluding hydrogens is 436 g/mol. The number of rotatable bonds is 3. The lowest BCUT2D eigenvalue weighted by molar-refractivity contribution is 0.0979. The van der Waals surface area contributed by atoms with E-state index in [1.165, 1.54) is 4.88 Å². The minimum atomic E-state index is -0.319. The summed E-state index contributed by atoms with van der Waals surface area (Å²) in [5, 5.41) is 17.1. The number of pyridine rings is 1. The van der Waals surface area contributed by atoms with Gasteiger partial charge in [0.1, 0.15) is 11.1 Å². The Morgan fingerprint density at radius 3 is 2.69 bits per heavy atom. The van der Waals surface area contributed by atoms with Crippen LogP contribution in [0.5, 0.6) is 0 Å². The zero-order chi connectivity index (χ0) is 22.1. The molecule has 0 saturated heterocycles. The number of carbonyl (C=O) groups is 1. The molecule has 32 heavy (non-hydrogen) atoms. The van der Waals surface area contributed by atoms with Gasteiger partial charge in [-0.2, -0.15) is 5.26 Å². The van der Waals surface area contributed by atoms with Crippen molar-refractivity contribution < 1.29 is 4.79 Å². The van der Waals surface area contributed by atoms with E-state index in [1.807, 2.05) is 54.6 Å². The van der Waals surface area contributed by atoms with Gasteiger partial charge in [0.05, 0.1) is 22.3 Å². The zero-order valence-electron chi connectivity index (χ0n) is 17.0. The minimum Gasteiger partial charge on any atom is -0.323 e. The molecular formula is C25H18N4OS2. The fourth-order valence-corrected chi connectivity index (χ4v) is 5.54. The molecule has 0 saturated carbocycles. The van der Waals surface area contributed by atoms with Gasteiger partial charge < -0.3 is 5.32 Å². The number of hydrogen-bond donors (Lipinski definition) is 2. The topological polar surface area (TPSA) is 77.8 Å². The Bertz CT molecular complexity index is 1400. The second-order valence-corrected chi connectivity index (χ2v) is 9.03. The number of nitrogens with one attached hydrogen (secondary N) is 2. The molecule has 2 aromatic carbocycles. The highest BCUT2D eigenvalue weighted by Gasteiger charge is 2.23. The molecule has 2 N–H and O–H groups in total. The van der Waals surface area contributed by atoms with Crippen molar-refractivity contribution in [2.24, 2.45) is 0 Å². The maximum absolute atomic E-state index is 13.2. The Kier molecular flexibility index (Phi) is 5.39. The van der Waals surface area contributed by atoms with Gasteiger partial charge in [0.15, 0.2) is 5.11 Å². The molecule has 4 aromatic rings. The van der Waals surface area contributed by atoms with Crippen LogP contribution in [0, 0.1) is 11.3 Å². The molecule has 0 radical (unpaired) electrons. The van der Waals surface area contributed by atoms with Gasteiger partial charge in [-0.3, -0.25) is 10.1 Å². The number of aryl methyl sites for hydroxylation is 1. The first-order valence-corrected chi connectivity index (χ1v) is 11.5. The number of carbonyl (C=O) groups excluding carboxylic acids is 1. The van der Waals surface area contributed by atoms with E-state index in [0.717, 1.165) is 47.0 Å². The molecule has 0 fully saturated rings. The minimum absolute atomic E-state index is 0.175. The largest absolute Gasteiger partial charge is 0.323 e. The second kappa shape index (κ2) is 8.50. The molecule has 156 valence electrons. The van der Waals surface area contributed by atoms with Crippen molar-refractivity contribution >= 4 is 50.5 Å². The second-order valence-electron chi connectivity index (χ2n) is 7.52. The summed E-state index contributed by atoms with van der Waals surface area (Å²) in [6.07, 6.45) is 2.98. The number of thiocarbonyl (C=S) groups is 1. The van der Waals surface area contributed by atoms with Gasteiger partial charge in [-0.1, -0.05) is 48.5 Å². The molecule has 0 atom stereocenters. The highest BCUT2D eigenvalue weighted by Crippen LogP contribution is 2.38. The van der Waals surface area contributed by atoms with E-state index < -0.39 is 0 Å². The van der Waals surface area contributed by atoms with Crippen molar-refractivity contribution in [1.82, 2.24) is 10.3 Å².